The zero-order valence-electron chi connectivity index (χ0n) is 20.5. The number of ether oxygens (including phenoxy) is 2. The molecule has 2 amide bonds. The number of carbonyl (C=O) groups excluding carboxylic acids is 4. The first-order chi connectivity index (χ1) is 18.1. The standard InChI is InChI=1S/C22H24N6O7S3/c1-11-14(38-9-24-11)4-5-22(20(32)35-10-34-12(2)29)7-28-18(31)16(19(28)37-8-22)26-17(30)15(27-33-3)13-6-36-21(23)25-13/h4-6,9,16,19H,7-8,10H2,1-3H3,(H2,23,25)(H,26,30)/t16?,19-,22?/m1/s1. The van der Waals surface area contributed by atoms with E-state index in [2.05, 4.69) is 20.4 Å². The maximum atomic E-state index is 13.2. The number of thiazole rings is 2. The molecule has 0 radical (unpaired) electrons. The van der Waals surface area contributed by atoms with Gasteiger partial charge in [-0.1, -0.05) is 11.2 Å². The number of anilines is 1. The number of amides is 2. The third-order valence-electron chi connectivity index (χ3n) is 5.75. The monoisotopic (exact) mass is 580 g/mol. The molecule has 0 aliphatic carbocycles. The number of thioether (sulfide) groups is 1. The van der Waals surface area contributed by atoms with Crippen LogP contribution in [0.1, 0.15) is 23.2 Å². The Balaban J connectivity index is 1.49. The normalized spacial score (nSPS) is 23.0. The molecule has 4 rings (SSSR count). The summed E-state index contributed by atoms with van der Waals surface area (Å²) < 4.78 is 9.99. The van der Waals surface area contributed by atoms with Gasteiger partial charge in [-0.25, -0.2) is 9.97 Å². The van der Waals surface area contributed by atoms with E-state index in [0.29, 0.717) is 0 Å². The molecule has 2 aliphatic heterocycles. The Kier molecular flexibility index (Phi) is 8.32. The lowest BCUT2D eigenvalue weighted by molar-refractivity contribution is -0.173. The van der Waals surface area contributed by atoms with Gasteiger partial charge in [0.15, 0.2) is 10.8 Å². The SMILES string of the molecule is CON=C(C(=O)NC1C(=O)N2CC(C=Cc3scnc3C)(C(=O)OCOC(C)=O)CS[C@H]12)c1csc(N)n1. The van der Waals surface area contributed by atoms with Crippen LogP contribution in [0.5, 0.6) is 0 Å². The number of hydrogen-bond acceptors (Lipinski definition) is 14. The highest BCUT2D eigenvalue weighted by atomic mass is 32.2. The summed E-state index contributed by atoms with van der Waals surface area (Å²) in [6, 6.07) is -0.840. The molecule has 3 atom stereocenters. The minimum absolute atomic E-state index is 0.0186. The zero-order chi connectivity index (χ0) is 27.4. The van der Waals surface area contributed by atoms with E-state index >= 15 is 0 Å². The summed E-state index contributed by atoms with van der Waals surface area (Å²) in [6.45, 7) is 2.54. The van der Waals surface area contributed by atoms with Crippen molar-refractivity contribution in [3.05, 3.63) is 33.2 Å². The highest BCUT2D eigenvalue weighted by molar-refractivity contribution is 8.00. The molecule has 2 saturated heterocycles. The molecule has 0 saturated carbocycles. The smallest absolute Gasteiger partial charge is 0.321 e. The van der Waals surface area contributed by atoms with Gasteiger partial charge in [0.25, 0.3) is 5.91 Å². The van der Waals surface area contributed by atoms with Gasteiger partial charge in [-0.15, -0.1) is 34.4 Å². The van der Waals surface area contributed by atoms with Crippen molar-refractivity contribution in [3.63, 3.8) is 0 Å². The Hall–Kier alpha value is -3.50. The van der Waals surface area contributed by atoms with Gasteiger partial charge in [-0.05, 0) is 13.0 Å². The van der Waals surface area contributed by atoms with Gasteiger partial charge < -0.3 is 30.3 Å². The molecule has 3 N–H and O–H groups in total. The van der Waals surface area contributed by atoms with Gasteiger partial charge in [0.2, 0.25) is 12.7 Å². The minimum atomic E-state index is -1.21. The number of nitrogens with two attached hydrogens (primary N) is 1. The molecule has 16 heteroatoms. The zero-order valence-corrected chi connectivity index (χ0v) is 23.0. The van der Waals surface area contributed by atoms with E-state index in [1.54, 1.807) is 23.0 Å². The van der Waals surface area contributed by atoms with Crippen molar-refractivity contribution in [2.45, 2.75) is 25.3 Å². The third-order valence-corrected chi connectivity index (χ3v) is 8.87. The van der Waals surface area contributed by atoms with Crippen molar-refractivity contribution in [2.24, 2.45) is 10.6 Å². The number of esters is 2. The van der Waals surface area contributed by atoms with Crippen LogP contribution in [0.3, 0.4) is 0 Å². The lowest BCUT2D eigenvalue weighted by Gasteiger charge is -2.53. The summed E-state index contributed by atoms with van der Waals surface area (Å²) in [5, 5.41) is 7.83. The summed E-state index contributed by atoms with van der Waals surface area (Å²) in [5.74, 6) is -1.99. The summed E-state index contributed by atoms with van der Waals surface area (Å²) in [4.78, 5) is 65.7. The first-order valence-electron chi connectivity index (χ1n) is 11.1. The van der Waals surface area contributed by atoms with Crippen LogP contribution in [0, 0.1) is 12.3 Å². The Morgan fingerprint density at radius 1 is 1.34 bits per heavy atom. The lowest BCUT2D eigenvalue weighted by atomic mass is 9.86. The molecule has 0 spiro atoms. The number of hydrogen-bond donors (Lipinski definition) is 2. The number of β-lactam (4-membered cyclic amide) rings is 1. The molecule has 13 nitrogen and oxygen atoms in total. The Morgan fingerprint density at radius 2 is 2.13 bits per heavy atom. The summed E-state index contributed by atoms with van der Waals surface area (Å²) in [7, 11) is 1.29. The van der Waals surface area contributed by atoms with E-state index in [-0.39, 0.29) is 34.7 Å². The number of aryl methyl sites for hydroxylation is 1. The van der Waals surface area contributed by atoms with Crippen LogP contribution in [0.15, 0.2) is 22.1 Å². The van der Waals surface area contributed by atoms with Crippen molar-refractivity contribution in [1.82, 2.24) is 20.2 Å². The summed E-state index contributed by atoms with van der Waals surface area (Å²) >= 11 is 3.87. The number of rotatable bonds is 9. The highest BCUT2D eigenvalue weighted by Crippen LogP contribution is 2.44. The van der Waals surface area contributed by atoms with Gasteiger partial charge in [-0.2, -0.15) is 0 Å². The van der Waals surface area contributed by atoms with Crippen LogP contribution < -0.4 is 11.1 Å². The van der Waals surface area contributed by atoms with E-state index in [1.165, 1.54) is 42.0 Å². The van der Waals surface area contributed by atoms with Crippen LogP contribution in [0.4, 0.5) is 5.13 Å². The van der Waals surface area contributed by atoms with Gasteiger partial charge in [0, 0.05) is 29.5 Å². The number of oxime groups is 1. The van der Waals surface area contributed by atoms with Crippen LogP contribution in [0.25, 0.3) is 6.08 Å². The van der Waals surface area contributed by atoms with Crippen molar-refractivity contribution < 1.29 is 33.5 Å². The fraction of sp³-hybridized carbons (Fsp3) is 0.409. The number of nitrogen functional groups attached to an aromatic ring is 1. The molecule has 38 heavy (non-hydrogen) atoms. The Morgan fingerprint density at radius 3 is 2.76 bits per heavy atom. The van der Waals surface area contributed by atoms with E-state index in [0.717, 1.165) is 21.9 Å². The molecule has 4 heterocycles. The average Bonchev–Trinajstić information content (AvgIpc) is 3.51. The van der Waals surface area contributed by atoms with Crippen molar-refractivity contribution >= 4 is 75.1 Å². The second-order valence-electron chi connectivity index (χ2n) is 8.29. The summed E-state index contributed by atoms with van der Waals surface area (Å²) in [5.41, 5.74) is 7.07. The second-order valence-corrected chi connectivity index (χ2v) is 11.2. The maximum absolute atomic E-state index is 13.2. The van der Waals surface area contributed by atoms with Gasteiger partial charge >= 0.3 is 11.9 Å². The number of carbonyl (C=O) groups is 4. The van der Waals surface area contributed by atoms with E-state index in [9.17, 15) is 19.2 Å². The largest absolute Gasteiger partial charge is 0.428 e. The van der Waals surface area contributed by atoms with E-state index in [1.807, 2.05) is 6.92 Å². The molecule has 0 bridgehead atoms. The van der Waals surface area contributed by atoms with Gasteiger partial charge in [0.1, 0.15) is 29.6 Å². The predicted octanol–water partition coefficient (Wildman–Crippen LogP) is 1.00. The van der Waals surface area contributed by atoms with Crippen LogP contribution in [-0.2, 0) is 33.5 Å². The van der Waals surface area contributed by atoms with Gasteiger partial charge in [-0.3, -0.25) is 19.2 Å². The molecule has 2 fully saturated rings. The fourth-order valence-electron chi connectivity index (χ4n) is 3.80. The average molecular weight is 581 g/mol. The Labute approximate surface area is 229 Å². The van der Waals surface area contributed by atoms with Crippen LogP contribution in [0.2, 0.25) is 0 Å². The minimum Gasteiger partial charge on any atom is -0.428 e. The number of aromatic nitrogens is 2. The Bertz CT molecular complexity index is 1310. The van der Waals surface area contributed by atoms with Crippen molar-refractivity contribution in [2.75, 3.05) is 31.9 Å². The molecular weight excluding hydrogens is 556 g/mol. The van der Waals surface area contributed by atoms with Gasteiger partial charge in [0.05, 0.1) is 11.2 Å². The first-order valence-corrected chi connectivity index (χ1v) is 13.9. The predicted molar refractivity (Wildman–Crippen MR) is 141 cm³/mol. The maximum Gasteiger partial charge on any atom is 0.321 e. The van der Waals surface area contributed by atoms with Crippen molar-refractivity contribution in [3.8, 4) is 0 Å². The summed E-state index contributed by atoms with van der Waals surface area (Å²) in [6.07, 6.45) is 3.47. The first kappa shape index (κ1) is 27.5. The second kappa shape index (κ2) is 11.5. The van der Waals surface area contributed by atoms with Crippen LogP contribution >= 0.6 is 34.4 Å². The van der Waals surface area contributed by atoms with Crippen LogP contribution in [-0.4, -0.2) is 81.9 Å². The fourth-order valence-corrected chi connectivity index (χ4v) is 6.56. The molecular formula is C22H24N6O7S3. The third kappa shape index (κ3) is 5.66. The molecule has 2 aromatic rings. The molecule has 2 unspecified atom stereocenters. The number of nitrogens with one attached hydrogen (secondary N) is 1. The van der Waals surface area contributed by atoms with E-state index < -0.39 is 41.5 Å². The van der Waals surface area contributed by atoms with Crippen molar-refractivity contribution in [1.29, 1.82) is 0 Å². The lowest BCUT2D eigenvalue weighted by Crippen LogP contribution is -2.74. The molecule has 2 aromatic heterocycles. The topological polar surface area (TPSA) is 175 Å². The molecule has 2 aliphatic rings. The quantitative estimate of drug-likeness (QED) is 0.142. The highest BCUT2D eigenvalue weighted by Gasteiger charge is 2.57. The number of fused-ring (bicyclic) bond motifs is 1. The van der Waals surface area contributed by atoms with E-state index in [4.69, 9.17) is 20.0 Å². The number of nitrogens with zero attached hydrogens (tertiary/aromatic N) is 4. The molecule has 0 aromatic carbocycles. The molecule has 202 valence electrons.